The maximum absolute atomic E-state index is 10.3. The lowest BCUT2D eigenvalue weighted by Gasteiger charge is -2.24. The first-order chi connectivity index (χ1) is 5.85. The highest BCUT2D eigenvalue weighted by molar-refractivity contribution is 5.68. The fourth-order valence-electron chi connectivity index (χ4n) is 0.467. The molecule has 0 saturated heterocycles. The Morgan fingerprint density at radius 1 is 1.54 bits per heavy atom. The monoisotopic (exact) mass is 191 g/mol. The van der Waals surface area contributed by atoms with Crippen LogP contribution in [0.3, 0.4) is 0 Å². The summed E-state index contributed by atoms with van der Waals surface area (Å²) in [6.45, 7) is 4.49. The molecule has 0 bridgehead atoms. The van der Waals surface area contributed by atoms with E-state index in [0.717, 1.165) is 0 Å². The first-order valence-electron chi connectivity index (χ1n) is 3.63. The summed E-state index contributed by atoms with van der Waals surface area (Å²) in [4.78, 5) is 29.7. The van der Waals surface area contributed by atoms with Crippen molar-refractivity contribution in [2.75, 3.05) is 6.61 Å². The van der Waals surface area contributed by atoms with Gasteiger partial charge in [-0.1, -0.05) is 5.23 Å². The van der Waals surface area contributed by atoms with Crippen LogP contribution in [0.15, 0.2) is 0 Å². The zero-order valence-electron chi connectivity index (χ0n) is 7.81. The topological polar surface area (TPSA) is 76.1 Å². The van der Waals surface area contributed by atoms with Crippen molar-refractivity contribution in [3.63, 3.8) is 0 Å². The molecule has 0 unspecified atom stereocenters. The van der Waals surface area contributed by atoms with Crippen LogP contribution >= 0.6 is 0 Å². The molecule has 0 aromatic heterocycles. The van der Waals surface area contributed by atoms with Gasteiger partial charge in [-0.2, -0.15) is 0 Å². The van der Waals surface area contributed by atoms with Crippen molar-refractivity contribution >= 4 is 12.4 Å². The maximum atomic E-state index is 10.3. The van der Waals surface area contributed by atoms with Gasteiger partial charge in [0, 0.05) is 0 Å². The van der Waals surface area contributed by atoms with E-state index in [9.17, 15) is 9.59 Å². The van der Waals surface area contributed by atoms with E-state index in [4.69, 9.17) is 9.94 Å². The van der Waals surface area contributed by atoms with Crippen molar-refractivity contribution in [1.82, 2.24) is 5.23 Å². The van der Waals surface area contributed by atoms with Crippen molar-refractivity contribution in [2.45, 2.75) is 26.4 Å². The Bertz CT molecular complexity index is 186. The molecule has 0 aliphatic heterocycles. The molecular weight excluding hydrogens is 178 g/mol. The average molecular weight is 191 g/mol. The Kier molecular flexibility index (Phi) is 4.36. The second kappa shape index (κ2) is 4.78. The lowest BCUT2D eigenvalue weighted by atomic mass is 10.2. The molecule has 0 radical (unpaired) electrons. The molecule has 0 aliphatic rings. The number of amides is 1. The van der Waals surface area contributed by atoms with Crippen LogP contribution in [0, 0.1) is 0 Å². The molecule has 0 heterocycles. The molecule has 0 aromatic carbocycles. The fraction of sp³-hybridized carbons (Fsp3) is 0.714. The van der Waals surface area contributed by atoms with Gasteiger partial charge in [0.25, 0.3) is 6.41 Å². The molecule has 0 saturated carbocycles. The molecule has 0 rings (SSSR count). The molecular formula is C7H13NO5. The first kappa shape index (κ1) is 11.9. The minimum Gasteiger partial charge on any atom is -0.479 e. The predicted octanol–water partition coefficient (Wildman–Crippen LogP) is 0.191. The van der Waals surface area contributed by atoms with Gasteiger partial charge in [0.05, 0.1) is 5.60 Å². The highest BCUT2D eigenvalue weighted by Crippen LogP contribution is 2.08. The predicted molar refractivity (Wildman–Crippen MR) is 42.3 cm³/mol. The van der Waals surface area contributed by atoms with E-state index in [0.29, 0.717) is 5.23 Å². The van der Waals surface area contributed by atoms with E-state index < -0.39 is 18.2 Å². The third-order valence-electron chi connectivity index (χ3n) is 0.765. The number of hydrogen-bond acceptors (Lipinski definition) is 4. The van der Waals surface area contributed by atoms with Gasteiger partial charge in [0.15, 0.2) is 6.61 Å². The van der Waals surface area contributed by atoms with Gasteiger partial charge in [0.2, 0.25) is 0 Å². The zero-order chi connectivity index (χ0) is 10.5. The van der Waals surface area contributed by atoms with Crippen molar-refractivity contribution in [2.24, 2.45) is 0 Å². The average Bonchev–Trinajstić information content (AvgIpc) is 1.95. The van der Waals surface area contributed by atoms with Crippen LogP contribution in [0.2, 0.25) is 0 Å². The standard InChI is InChI=1S/C7H13NO5/c1-7(2,3)13-8(5-9)12-4-6(10)11/h5H,4H2,1-3H3,(H,10,11). The number of carbonyl (C=O) groups excluding carboxylic acids is 1. The van der Waals surface area contributed by atoms with Crippen LogP contribution in [0.4, 0.5) is 0 Å². The van der Waals surface area contributed by atoms with Crippen molar-refractivity contribution in [3.8, 4) is 0 Å². The van der Waals surface area contributed by atoms with Gasteiger partial charge >= 0.3 is 5.97 Å². The number of carbonyl (C=O) groups is 2. The van der Waals surface area contributed by atoms with Crippen LogP contribution in [-0.2, 0) is 19.3 Å². The summed E-state index contributed by atoms with van der Waals surface area (Å²) >= 11 is 0. The Morgan fingerprint density at radius 2 is 2.08 bits per heavy atom. The molecule has 0 aliphatic carbocycles. The highest BCUT2D eigenvalue weighted by Gasteiger charge is 2.17. The van der Waals surface area contributed by atoms with Gasteiger partial charge in [0.1, 0.15) is 0 Å². The molecule has 0 fully saturated rings. The summed E-state index contributed by atoms with van der Waals surface area (Å²) in [5.41, 5.74) is -0.612. The number of carboxylic acid groups (broad SMARTS) is 1. The van der Waals surface area contributed by atoms with Crippen molar-refractivity contribution < 1.29 is 24.4 Å². The van der Waals surface area contributed by atoms with E-state index in [1.54, 1.807) is 20.8 Å². The van der Waals surface area contributed by atoms with E-state index >= 15 is 0 Å². The summed E-state index contributed by atoms with van der Waals surface area (Å²) in [7, 11) is 0. The quantitative estimate of drug-likeness (QED) is 0.496. The maximum Gasteiger partial charge on any atom is 0.332 e. The van der Waals surface area contributed by atoms with Crippen LogP contribution in [0.25, 0.3) is 0 Å². The smallest absolute Gasteiger partial charge is 0.332 e. The second-order valence-corrected chi connectivity index (χ2v) is 3.26. The fourth-order valence-corrected chi connectivity index (χ4v) is 0.467. The zero-order valence-corrected chi connectivity index (χ0v) is 7.81. The Labute approximate surface area is 75.9 Å². The van der Waals surface area contributed by atoms with Crippen molar-refractivity contribution in [3.05, 3.63) is 0 Å². The lowest BCUT2D eigenvalue weighted by Crippen LogP contribution is -2.34. The molecule has 6 heteroatoms. The van der Waals surface area contributed by atoms with Crippen LogP contribution < -0.4 is 0 Å². The van der Waals surface area contributed by atoms with E-state index in [1.807, 2.05) is 0 Å². The van der Waals surface area contributed by atoms with Gasteiger partial charge < -0.3 is 5.11 Å². The number of hydroxylamine groups is 2. The van der Waals surface area contributed by atoms with E-state index in [-0.39, 0.29) is 6.41 Å². The summed E-state index contributed by atoms with van der Waals surface area (Å²) in [6, 6.07) is 0. The summed E-state index contributed by atoms with van der Waals surface area (Å²) < 4.78 is 0. The van der Waals surface area contributed by atoms with Gasteiger partial charge in [-0.25, -0.2) is 14.5 Å². The summed E-state index contributed by atoms with van der Waals surface area (Å²) in [5, 5.41) is 8.73. The second-order valence-electron chi connectivity index (χ2n) is 3.26. The molecule has 0 aromatic rings. The normalized spacial score (nSPS) is 11.0. The largest absolute Gasteiger partial charge is 0.479 e. The molecule has 1 N–H and O–H groups in total. The Morgan fingerprint density at radius 3 is 2.38 bits per heavy atom. The van der Waals surface area contributed by atoms with Gasteiger partial charge in [-0.3, -0.25) is 4.79 Å². The molecule has 1 amide bonds. The lowest BCUT2D eigenvalue weighted by molar-refractivity contribution is -0.364. The number of aliphatic carboxylic acids is 1. The van der Waals surface area contributed by atoms with Gasteiger partial charge in [-0.05, 0) is 20.8 Å². The third kappa shape index (κ3) is 7.23. The SMILES string of the molecule is CC(C)(C)ON(C=O)OCC(=O)O. The molecule has 13 heavy (non-hydrogen) atoms. The van der Waals surface area contributed by atoms with Crippen molar-refractivity contribution in [1.29, 1.82) is 0 Å². The number of rotatable bonds is 5. The third-order valence-corrected chi connectivity index (χ3v) is 0.765. The van der Waals surface area contributed by atoms with Crippen LogP contribution in [0.1, 0.15) is 20.8 Å². The summed E-state index contributed by atoms with van der Waals surface area (Å²) in [5.74, 6) is -1.18. The Balaban J connectivity index is 3.90. The Hall–Kier alpha value is -1.14. The number of hydrogen-bond donors (Lipinski definition) is 1. The summed E-state index contributed by atoms with van der Waals surface area (Å²) in [6.07, 6.45) is 0.258. The molecule has 6 nitrogen and oxygen atoms in total. The van der Waals surface area contributed by atoms with Gasteiger partial charge in [-0.15, -0.1) is 0 Å². The number of nitrogens with zero attached hydrogens (tertiary/aromatic N) is 1. The minimum atomic E-state index is -1.18. The first-order valence-corrected chi connectivity index (χ1v) is 3.63. The van der Waals surface area contributed by atoms with E-state index in [1.165, 1.54) is 0 Å². The molecule has 76 valence electrons. The van der Waals surface area contributed by atoms with Crippen LogP contribution in [-0.4, -0.2) is 34.9 Å². The van der Waals surface area contributed by atoms with Crippen LogP contribution in [0.5, 0.6) is 0 Å². The highest BCUT2D eigenvalue weighted by atomic mass is 17.0. The number of carboxylic acids is 1. The minimum absolute atomic E-state index is 0.258. The van der Waals surface area contributed by atoms with E-state index in [2.05, 4.69) is 4.84 Å². The molecule has 0 atom stereocenters. The molecule has 0 spiro atoms.